The van der Waals surface area contributed by atoms with Crippen LogP contribution in [0.3, 0.4) is 0 Å². The van der Waals surface area contributed by atoms with E-state index in [-0.39, 0.29) is 11.7 Å². The largest absolute Gasteiger partial charge is 0.354 e. The van der Waals surface area contributed by atoms with Crippen LogP contribution in [0.25, 0.3) is 0 Å². The predicted octanol–water partition coefficient (Wildman–Crippen LogP) is 4.08. The Morgan fingerprint density at radius 1 is 1.30 bits per heavy atom. The monoisotopic (exact) mass is 350 g/mol. The summed E-state index contributed by atoms with van der Waals surface area (Å²) < 4.78 is 0. The van der Waals surface area contributed by atoms with Crippen LogP contribution in [0.4, 0.5) is 0 Å². The number of fused-ring (bicyclic) bond motifs is 1. The minimum absolute atomic E-state index is 0.111. The number of aryl methyl sites for hydroxylation is 1. The van der Waals surface area contributed by atoms with Crippen molar-refractivity contribution in [3.8, 4) is 0 Å². The van der Waals surface area contributed by atoms with Gasteiger partial charge >= 0.3 is 0 Å². The Morgan fingerprint density at radius 3 is 2.78 bits per heavy atom. The number of carbonyl (C=O) groups is 2. The van der Waals surface area contributed by atoms with E-state index in [9.17, 15) is 9.59 Å². The SMILES string of the molecule is Cc1c(C(=O)NCc2ccc(Cl)cc2Cl)[nH]c2c1C(=O)CCC2. The minimum Gasteiger partial charge on any atom is -0.354 e. The van der Waals surface area contributed by atoms with Gasteiger partial charge in [-0.2, -0.15) is 0 Å². The van der Waals surface area contributed by atoms with E-state index < -0.39 is 0 Å². The molecule has 3 rings (SSSR count). The molecule has 1 heterocycles. The average molecular weight is 351 g/mol. The molecule has 0 aliphatic heterocycles. The van der Waals surface area contributed by atoms with Crippen molar-refractivity contribution < 1.29 is 9.59 Å². The molecule has 0 unspecified atom stereocenters. The molecule has 23 heavy (non-hydrogen) atoms. The van der Waals surface area contributed by atoms with Gasteiger partial charge in [-0.05, 0) is 43.0 Å². The smallest absolute Gasteiger partial charge is 0.268 e. The third-order valence-electron chi connectivity index (χ3n) is 4.12. The summed E-state index contributed by atoms with van der Waals surface area (Å²) in [6.45, 7) is 2.11. The summed E-state index contributed by atoms with van der Waals surface area (Å²) in [6.07, 6.45) is 2.18. The van der Waals surface area contributed by atoms with Crippen molar-refractivity contribution in [2.45, 2.75) is 32.7 Å². The first-order chi connectivity index (χ1) is 11.0. The quantitative estimate of drug-likeness (QED) is 0.875. The fourth-order valence-corrected chi connectivity index (χ4v) is 3.41. The maximum atomic E-state index is 12.4. The summed E-state index contributed by atoms with van der Waals surface area (Å²) in [5, 5.41) is 3.89. The maximum absolute atomic E-state index is 12.4. The fourth-order valence-electron chi connectivity index (χ4n) is 2.93. The van der Waals surface area contributed by atoms with Crippen molar-refractivity contribution >= 4 is 34.9 Å². The average Bonchev–Trinajstić information content (AvgIpc) is 2.84. The first-order valence-electron chi connectivity index (χ1n) is 7.44. The van der Waals surface area contributed by atoms with Crippen LogP contribution in [0.2, 0.25) is 10.0 Å². The van der Waals surface area contributed by atoms with Crippen LogP contribution >= 0.6 is 23.2 Å². The molecule has 0 saturated carbocycles. The molecule has 120 valence electrons. The number of aromatic amines is 1. The molecule has 2 N–H and O–H groups in total. The van der Waals surface area contributed by atoms with Crippen molar-refractivity contribution in [2.24, 2.45) is 0 Å². The molecular weight excluding hydrogens is 335 g/mol. The number of rotatable bonds is 3. The number of aromatic nitrogens is 1. The minimum atomic E-state index is -0.240. The van der Waals surface area contributed by atoms with Crippen molar-refractivity contribution in [3.63, 3.8) is 0 Å². The Bertz CT molecular complexity index is 796. The Labute approximate surface area is 144 Å². The first-order valence-corrected chi connectivity index (χ1v) is 8.19. The standard InChI is InChI=1S/C17H16Cl2N2O2/c1-9-15-13(3-2-4-14(15)22)21-16(9)17(23)20-8-10-5-6-11(18)7-12(10)19/h5-7,21H,2-4,8H2,1H3,(H,20,23). The highest BCUT2D eigenvalue weighted by Gasteiger charge is 2.26. The van der Waals surface area contributed by atoms with Gasteiger partial charge < -0.3 is 10.3 Å². The number of carbonyl (C=O) groups excluding carboxylic acids is 2. The molecule has 1 amide bonds. The van der Waals surface area contributed by atoms with Crippen LogP contribution in [0, 0.1) is 6.92 Å². The molecule has 1 aromatic heterocycles. The summed E-state index contributed by atoms with van der Waals surface area (Å²) in [5.41, 5.74) is 3.52. The van der Waals surface area contributed by atoms with Crippen LogP contribution in [0.5, 0.6) is 0 Å². The van der Waals surface area contributed by atoms with Gasteiger partial charge in [-0.1, -0.05) is 29.3 Å². The van der Waals surface area contributed by atoms with Gasteiger partial charge in [0.1, 0.15) is 5.69 Å². The van der Waals surface area contributed by atoms with Crippen molar-refractivity contribution in [3.05, 3.63) is 56.3 Å². The van der Waals surface area contributed by atoms with Gasteiger partial charge in [0.05, 0.1) is 0 Å². The number of nitrogens with one attached hydrogen (secondary N) is 2. The Hall–Kier alpha value is -1.78. The summed E-state index contributed by atoms with van der Waals surface area (Å²) in [4.78, 5) is 27.5. The number of halogens is 2. The van der Waals surface area contributed by atoms with Crippen molar-refractivity contribution in [1.29, 1.82) is 0 Å². The lowest BCUT2D eigenvalue weighted by atomic mass is 9.94. The van der Waals surface area contributed by atoms with Crippen molar-refractivity contribution in [2.75, 3.05) is 0 Å². The summed E-state index contributed by atoms with van der Waals surface area (Å²) in [6, 6.07) is 5.15. The lowest BCUT2D eigenvalue weighted by molar-refractivity contribution is 0.0945. The van der Waals surface area contributed by atoms with E-state index in [0.29, 0.717) is 34.3 Å². The molecule has 0 spiro atoms. The van der Waals surface area contributed by atoms with E-state index in [1.165, 1.54) is 0 Å². The van der Waals surface area contributed by atoms with E-state index in [1.54, 1.807) is 18.2 Å². The lowest BCUT2D eigenvalue weighted by Crippen LogP contribution is -2.24. The number of ketones is 1. The number of Topliss-reactive ketones (excluding diaryl/α,β-unsaturated/α-hetero) is 1. The van der Waals surface area contributed by atoms with Gasteiger partial charge in [0.25, 0.3) is 5.91 Å². The maximum Gasteiger partial charge on any atom is 0.268 e. The summed E-state index contributed by atoms with van der Waals surface area (Å²) in [7, 11) is 0. The van der Waals surface area contributed by atoms with Gasteiger partial charge in [-0.25, -0.2) is 0 Å². The van der Waals surface area contributed by atoms with Crippen molar-refractivity contribution in [1.82, 2.24) is 10.3 Å². The Kier molecular flexibility index (Phi) is 4.46. The molecule has 1 aliphatic rings. The zero-order chi connectivity index (χ0) is 16.6. The van der Waals surface area contributed by atoms with Crippen LogP contribution < -0.4 is 5.32 Å². The highest BCUT2D eigenvalue weighted by Crippen LogP contribution is 2.26. The molecule has 1 aromatic carbocycles. The highest BCUT2D eigenvalue weighted by atomic mass is 35.5. The summed E-state index contributed by atoms with van der Waals surface area (Å²) >= 11 is 12.0. The fraction of sp³-hybridized carbons (Fsp3) is 0.294. The number of amides is 1. The molecular formula is C17H16Cl2N2O2. The van der Waals surface area contributed by atoms with E-state index in [0.717, 1.165) is 29.7 Å². The molecule has 0 fully saturated rings. The lowest BCUT2D eigenvalue weighted by Gasteiger charge is -2.09. The third-order valence-corrected chi connectivity index (χ3v) is 4.71. The molecule has 6 heteroatoms. The van der Waals surface area contributed by atoms with Gasteiger partial charge in [0.15, 0.2) is 5.78 Å². The molecule has 0 bridgehead atoms. The van der Waals surface area contributed by atoms with Gasteiger partial charge in [-0.15, -0.1) is 0 Å². The van der Waals surface area contributed by atoms with E-state index in [1.807, 2.05) is 6.92 Å². The molecule has 0 atom stereocenters. The second-order valence-corrected chi connectivity index (χ2v) is 6.52. The van der Waals surface area contributed by atoms with Crippen LogP contribution in [0.15, 0.2) is 18.2 Å². The van der Waals surface area contributed by atoms with Crippen LogP contribution in [0.1, 0.15) is 50.5 Å². The summed E-state index contributed by atoms with van der Waals surface area (Å²) in [5.74, 6) is -0.129. The second kappa shape index (κ2) is 6.38. The molecule has 1 aliphatic carbocycles. The number of benzene rings is 1. The van der Waals surface area contributed by atoms with E-state index >= 15 is 0 Å². The normalized spacial score (nSPS) is 13.8. The zero-order valence-corrected chi connectivity index (χ0v) is 14.1. The van der Waals surface area contributed by atoms with Crippen LogP contribution in [-0.4, -0.2) is 16.7 Å². The predicted molar refractivity (Wildman–Crippen MR) is 90.4 cm³/mol. The second-order valence-electron chi connectivity index (χ2n) is 5.67. The van der Waals surface area contributed by atoms with Crippen LogP contribution in [-0.2, 0) is 13.0 Å². The third kappa shape index (κ3) is 3.14. The molecule has 4 nitrogen and oxygen atoms in total. The molecule has 2 aromatic rings. The molecule has 0 saturated heterocycles. The van der Waals surface area contributed by atoms with Gasteiger partial charge in [0.2, 0.25) is 0 Å². The molecule has 0 radical (unpaired) electrons. The first kappa shape index (κ1) is 16.1. The zero-order valence-electron chi connectivity index (χ0n) is 12.6. The Balaban J connectivity index is 1.78. The topological polar surface area (TPSA) is 62.0 Å². The number of hydrogen-bond acceptors (Lipinski definition) is 2. The number of H-pyrrole nitrogens is 1. The highest BCUT2D eigenvalue weighted by molar-refractivity contribution is 6.35. The van der Waals surface area contributed by atoms with Gasteiger partial charge in [-0.3, -0.25) is 9.59 Å². The van der Waals surface area contributed by atoms with Gasteiger partial charge in [0, 0.05) is 34.3 Å². The van der Waals surface area contributed by atoms with E-state index in [4.69, 9.17) is 23.2 Å². The number of hydrogen-bond donors (Lipinski definition) is 2. The Morgan fingerprint density at radius 2 is 2.09 bits per heavy atom. The van der Waals surface area contributed by atoms with E-state index in [2.05, 4.69) is 10.3 Å².